The SMILES string of the molecule is COc1cccc2c1CC(NCCc1cccs1)CC2. The lowest BCUT2D eigenvalue weighted by Gasteiger charge is -2.27. The van der Waals surface area contributed by atoms with E-state index in [2.05, 4.69) is 41.0 Å². The molecule has 0 fully saturated rings. The number of rotatable bonds is 5. The van der Waals surface area contributed by atoms with E-state index in [4.69, 9.17) is 4.74 Å². The van der Waals surface area contributed by atoms with Crippen molar-refractivity contribution in [2.24, 2.45) is 0 Å². The van der Waals surface area contributed by atoms with Crippen LogP contribution in [0.15, 0.2) is 35.7 Å². The highest BCUT2D eigenvalue weighted by Crippen LogP contribution is 2.29. The number of hydrogen-bond donors (Lipinski definition) is 1. The van der Waals surface area contributed by atoms with Gasteiger partial charge in [-0.05, 0) is 54.3 Å². The Bertz CT molecular complexity index is 536. The predicted molar refractivity (Wildman–Crippen MR) is 84.8 cm³/mol. The summed E-state index contributed by atoms with van der Waals surface area (Å²) in [5.41, 5.74) is 2.86. The summed E-state index contributed by atoms with van der Waals surface area (Å²) >= 11 is 1.84. The Morgan fingerprint density at radius 3 is 3.05 bits per heavy atom. The fraction of sp³-hybridized carbons (Fsp3) is 0.412. The molecule has 20 heavy (non-hydrogen) atoms. The molecule has 0 aliphatic heterocycles. The molecule has 3 rings (SSSR count). The van der Waals surface area contributed by atoms with E-state index in [9.17, 15) is 0 Å². The first kappa shape index (κ1) is 13.7. The van der Waals surface area contributed by atoms with Crippen LogP contribution in [0.3, 0.4) is 0 Å². The summed E-state index contributed by atoms with van der Waals surface area (Å²) in [4.78, 5) is 1.46. The van der Waals surface area contributed by atoms with Crippen LogP contribution in [0, 0.1) is 0 Å². The molecule has 0 amide bonds. The molecule has 1 atom stereocenters. The predicted octanol–water partition coefficient (Wildman–Crippen LogP) is 3.45. The highest BCUT2D eigenvalue weighted by molar-refractivity contribution is 7.09. The summed E-state index contributed by atoms with van der Waals surface area (Å²) < 4.78 is 5.50. The van der Waals surface area contributed by atoms with E-state index < -0.39 is 0 Å². The quantitative estimate of drug-likeness (QED) is 0.909. The molecule has 1 unspecified atom stereocenters. The molecule has 2 aromatic rings. The van der Waals surface area contributed by atoms with Crippen molar-refractivity contribution in [3.8, 4) is 5.75 Å². The summed E-state index contributed by atoms with van der Waals surface area (Å²) in [7, 11) is 1.77. The molecule has 0 bridgehead atoms. The van der Waals surface area contributed by atoms with Crippen LogP contribution in [0.5, 0.6) is 5.75 Å². The Kier molecular flexibility index (Phi) is 4.38. The van der Waals surface area contributed by atoms with Crippen molar-refractivity contribution in [2.45, 2.75) is 31.7 Å². The Labute approximate surface area is 124 Å². The molecule has 2 nitrogen and oxygen atoms in total. The van der Waals surface area contributed by atoms with Gasteiger partial charge in [0.1, 0.15) is 5.75 Å². The van der Waals surface area contributed by atoms with E-state index in [1.807, 2.05) is 11.3 Å². The van der Waals surface area contributed by atoms with Crippen molar-refractivity contribution >= 4 is 11.3 Å². The lowest BCUT2D eigenvalue weighted by Crippen LogP contribution is -2.35. The maximum atomic E-state index is 5.50. The number of nitrogens with one attached hydrogen (secondary N) is 1. The van der Waals surface area contributed by atoms with Crippen LogP contribution in [0.25, 0.3) is 0 Å². The minimum Gasteiger partial charge on any atom is -0.496 e. The minimum absolute atomic E-state index is 0.582. The third-order valence-corrected chi connectivity index (χ3v) is 4.98. The van der Waals surface area contributed by atoms with Crippen LogP contribution in [0.1, 0.15) is 22.4 Å². The van der Waals surface area contributed by atoms with Crippen molar-refractivity contribution in [1.82, 2.24) is 5.32 Å². The summed E-state index contributed by atoms with van der Waals surface area (Å²) in [6.45, 7) is 1.07. The third kappa shape index (κ3) is 3.05. The highest BCUT2D eigenvalue weighted by atomic mass is 32.1. The van der Waals surface area contributed by atoms with E-state index in [1.165, 1.54) is 22.4 Å². The number of thiophene rings is 1. The highest BCUT2D eigenvalue weighted by Gasteiger charge is 2.20. The Morgan fingerprint density at radius 1 is 1.30 bits per heavy atom. The van der Waals surface area contributed by atoms with Crippen molar-refractivity contribution in [1.29, 1.82) is 0 Å². The average molecular weight is 287 g/mol. The number of ether oxygens (including phenoxy) is 1. The average Bonchev–Trinajstić information content (AvgIpc) is 3.00. The van der Waals surface area contributed by atoms with E-state index in [0.29, 0.717) is 6.04 Å². The van der Waals surface area contributed by atoms with Gasteiger partial charge < -0.3 is 10.1 Å². The Balaban J connectivity index is 1.58. The van der Waals surface area contributed by atoms with E-state index in [1.54, 1.807) is 7.11 Å². The van der Waals surface area contributed by atoms with Crippen LogP contribution >= 0.6 is 11.3 Å². The van der Waals surface area contributed by atoms with Crippen molar-refractivity contribution < 1.29 is 4.74 Å². The first-order valence-electron chi connectivity index (χ1n) is 7.27. The van der Waals surface area contributed by atoms with Crippen LogP contribution in [0.2, 0.25) is 0 Å². The fourth-order valence-electron chi connectivity index (χ4n) is 2.97. The van der Waals surface area contributed by atoms with Gasteiger partial charge in [0.15, 0.2) is 0 Å². The number of fused-ring (bicyclic) bond motifs is 1. The number of methoxy groups -OCH3 is 1. The van der Waals surface area contributed by atoms with Gasteiger partial charge in [-0.2, -0.15) is 0 Å². The summed E-state index contributed by atoms with van der Waals surface area (Å²) in [6, 6.07) is 11.3. The summed E-state index contributed by atoms with van der Waals surface area (Å²) in [5, 5.41) is 5.85. The van der Waals surface area contributed by atoms with Crippen molar-refractivity contribution in [2.75, 3.05) is 13.7 Å². The second-order valence-corrected chi connectivity index (χ2v) is 6.35. The maximum Gasteiger partial charge on any atom is 0.122 e. The van der Waals surface area contributed by atoms with Gasteiger partial charge in [0.2, 0.25) is 0 Å². The molecule has 3 heteroatoms. The Hall–Kier alpha value is -1.32. The zero-order valence-corrected chi connectivity index (χ0v) is 12.7. The first-order chi connectivity index (χ1) is 9.86. The van der Waals surface area contributed by atoms with Gasteiger partial charge in [-0.25, -0.2) is 0 Å². The standard InChI is InChI=1S/C17H21NOS/c1-19-17-6-2-4-13-7-8-14(12-16(13)17)18-10-9-15-5-3-11-20-15/h2-6,11,14,18H,7-10,12H2,1H3. The zero-order chi connectivity index (χ0) is 13.8. The normalized spacial score (nSPS) is 17.8. The Morgan fingerprint density at radius 2 is 2.25 bits per heavy atom. The maximum absolute atomic E-state index is 5.50. The molecule has 1 aromatic heterocycles. The summed E-state index contributed by atoms with van der Waals surface area (Å²) in [6.07, 6.45) is 4.60. The van der Waals surface area contributed by atoms with E-state index in [-0.39, 0.29) is 0 Å². The van der Waals surface area contributed by atoms with Crippen molar-refractivity contribution in [3.63, 3.8) is 0 Å². The van der Waals surface area contributed by atoms with Crippen LogP contribution in [-0.4, -0.2) is 19.7 Å². The molecule has 1 aliphatic rings. The molecule has 1 aliphatic carbocycles. The minimum atomic E-state index is 0.582. The van der Waals surface area contributed by atoms with Crippen LogP contribution < -0.4 is 10.1 Å². The van der Waals surface area contributed by atoms with Gasteiger partial charge in [-0.1, -0.05) is 18.2 Å². The van der Waals surface area contributed by atoms with E-state index in [0.717, 1.165) is 31.6 Å². The lowest BCUT2D eigenvalue weighted by molar-refractivity contribution is 0.394. The lowest BCUT2D eigenvalue weighted by atomic mass is 9.87. The molecule has 0 spiro atoms. The van der Waals surface area contributed by atoms with Crippen molar-refractivity contribution in [3.05, 3.63) is 51.7 Å². The monoisotopic (exact) mass is 287 g/mol. The molecular formula is C17H21NOS. The van der Waals surface area contributed by atoms with Crippen LogP contribution in [0.4, 0.5) is 0 Å². The zero-order valence-electron chi connectivity index (χ0n) is 11.9. The largest absolute Gasteiger partial charge is 0.496 e. The molecular weight excluding hydrogens is 266 g/mol. The summed E-state index contributed by atoms with van der Waals surface area (Å²) in [5.74, 6) is 1.05. The van der Waals surface area contributed by atoms with Gasteiger partial charge in [0, 0.05) is 17.5 Å². The van der Waals surface area contributed by atoms with Gasteiger partial charge in [-0.3, -0.25) is 0 Å². The van der Waals surface area contributed by atoms with Gasteiger partial charge in [0.05, 0.1) is 7.11 Å². The second kappa shape index (κ2) is 6.42. The molecule has 1 aromatic carbocycles. The van der Waals surface area contributed by atoms with E-state index >= 15 is 0 Å². The van der Waals surface area contributed by atoms with Gasteiger partial charge >= 0.3 is 0 Å². The van der Waals surface area contributed by atoms with Gasteiger partial charge in [0.25, 0.3) is 0 Å². The molecule has 0 saturated heterocycles. The van der Waals surface area contributed by atoms with Crippen LogP contribution in [-0.2, 0) is 19.3 Å². The molecule has 0 radical (unpaired) electrons. The topological polar surface area (TPSA) is 21.3 Å². The number of hydrogen-bond acceptors (Lipinski definition) is 3. The third-order valence-electron chi connectivity index (χ3n) is 4.05. The molecule has 0 saturated carbocycles. The fourth-order valence-corrected chi connectivity index (χ4v) is 3.68. The first-order valence-corrected chi connectivity index (χ1v) is 8.15. The number of aryl methyl sites for hydroxylation is 1. The molecule has 106 valence electrons. The molecule has 1 heterocycles. The second-order valence-electron chi connectivity index (χ2n) is 5.32. The number of benzene rings is 1. The van der Waals surface area contributed by atoms with Gasteiger partial charge in [-0.15, -0.1) is 11.3 Å². The molecule has 1 N–H and O–H groups in total. The smallest absolute Gasteiger partial charge is 0.122 e.